The van der Waals surface area contributed by atoms with E-state index in [0.29, 0.717) is 12.4 Å². The molecule has 2 aromatic carbocycles. The van der Waals surface area contributed by atoms with Crippen LogP contribution in [0.25, 0.3) is 0 Å². The highest BCUT2D eigenvalue weighted by atomic mass is 19.4. The first-order chi connectivity index (χ1) is 12.0. The quantitative estimate of drug-likeness (QED) is 0.695. The van der Waals surface area contributed by atoms with Crippen LogP contribution in [0.2, 0.25) is 0 Å². The number of hydrogen-bond acceptors (Lipinski definition) is 4. The van der Waals surface area contributed by atoms with Crippen LogP contribution in [0, 0.1) is 0 Å². The standard InChI is InChI=1S/C18H15F3N4/c19-18(20,21)14-8-4-5-9-15(14)25-17-10-16(23-12-24-17)22-11-13-6-2-1-3-7-13/h1-10,12H,11H2,(H2,22,23,24,25). The molecule has 3 aromatic rings. The molecule has 0 amide bonds. The van der Waals surface area contributed by atoms with Crippen LogP contribution in [-0.2, 0) is 12.7 Å². The van der Waals surface area contributed by atoms with Crippen molar-refractivity contribution in [2.24, 2.45) is 0 Å². The smallest absolute Gasteiger partial charge is 0.366 e. The lowest BCUT2D eigenvalue weighted by Crippen LogP contribution is -2.09. The highest BCUT2D eigenvalue weighted by Crippen LogP contribution is 2.35. The minimum absolute atomic E-state index is 0.0530. The minimum atomic E-state index is -4.44. The van der Waals surface area contributed by atoms with E-state index in [1.165, 1.54) is 24.5 Å². The first kappa shape index (κ1) is 16.8. The number of anilines is 3. The molecule has 0 unspecified atom stereocenters. The van der Waals surface area contributed by atoms with Crippen molar-refractivity contribution in [2.45, 2.75) is 12.7 Å². The molecule has 0 saturated carbocycles. The van der Waals surface area contributed by atoms with E-state index in [0.717, 1.165) is 11.6 Å². The molecule has 128 valence electrons. The predicted molar refractivity (Wildman–Crippen MR) is 90.5 cm³/mol. The lowest BCUT2D eigenvalue weighted by molar-refractivity contribution is -0.136. The molecule has 0 fully saturated rings. The van der Waals surface area contributed by atoms with E-state index < -0.39 is 11.7 Å². The second-order valence-electron chi connectivity index (χ2n) is 5.30. The van der Waals surface area contributed by atoms with Crippen molar-refractivity contribution < 1.29 is 13.2 Å². The first-order valence-electron chi connectivity index (χ1n) is 7.55. The Balaban J connectivity index is 1.74. The van der Waals surface area contributed by atoms with Crippen LogP contribution in [0.4, 0.5) is 30.5 Å². The number of nitrogens with zero attached hydrogens (tertiary/aromatic N) is 2. The number of nitrogens with one attached hydrogen (secondary N) is 2. The van der Waals surface area contributed by atoms with E-state index >= 15 is 0 Å². The number of para-hydroxylation sites is 1. The molecule has 1 heterocycles. The zero-order valence-electron chi connectivity index (χ0n) is 13.1. The summed E-state index contributed by atoms with van der Waals surface area (Å²) in [5, 5.41) is 5.83. The van der Waals surface area contributed by atoms with Crippen LogP contribution in [0.5, 0.6) is 0 Å². The molecule has 0 radical (unpaired) electrons. The van der Waals surface area contributed by atoms with Gasteiger partial charge in [0.15, 0.2) is 0 Å². The first-order valence-corrected chi connectivity index (χ1v) is 7.55. The summed E-state index contributed by atoms with van der Waals surface area (Å²) in [5.41, 5.74) is 0.271. The molecular formula is C18H15F3N4. The molecule has 0 aliphatic heterocycles. The van der Waals surface area contributed by atoms with Crippen molar-refractivity contribution in [3.05, 3.63) is 78.1 Å². The van der Waals surface area contributed by atoms with Crippen molar-refractivity contribution in [1.82, 2.24) is 9.97 Å². The number of hydrogen-bond donors (Lipinski definition) is 2. The Morgan fingerprint density at radius 3 is 2.28 bits per heavy atom. The second-order valence-corrected chi connectivity index (χ2v) is 5.30. The van der Waals surface area contributed by atoms with Gasteiger partial charge < -0.3 is 10.6 Å². The third kappa shape index (κ3) is 4.47. The normalized spacial score (nSPS) is 11.2. The Morgan fingerprint density at radius 2 is 1.52 bits per heavy atom. The minimum Gasteiger partial charge on any atom is -0.366 e. The molecule has 1 aromatic heterocycles. The van der Waals surface area contributed by atoms with Crippen LogP contribution in [-0.4, -0.2) is 9.97 Å². The molecule has 0 atom stereocenters. The molecule has 0 saturated heterocycles. The Morgan fingerprint density at radius 1 is 0.840 bits per heavy atom. The largest absolute Gasteiger partial charge is 0.418 e. The van der Waals surface area contributed by atoms with E-state index in [-0.39, 0.29) is 11.5 Å². The number of halogens is 3. The third-order valence-electron chi connectivity index (χ3n) is 3.48. The molecular weight excluding hydrogens is 329 g/mol. The summed E-state index contributed by atoms with van der Waals surface area (Å²) in [6.07, 6.45) is -3.14. The fraction of sp³-hybridized carbons (Fsp3) is 0.111. The Kier molecular flexibility index (Phi) is 4.83. The molecule has 4 nitrogen and oxygen atoms in total. The zero-order chi connectivity index (χ0) is 17.7. The van der Waals surface area contributed by atoms with Gasteiger partial charge in [0.2, 0.25) is 0 Å². The monoisotopic (exact) mass is 344 g/mol. The third-order valence-corrected chi connectivity index (χ3v) is 3.48. The summed E-state index contributed by atoms with van der Waals surface area (Å²) in [4.78, 5) is 8.07. The Bertz CT molecular complexity index is 835. The molecule has 0 spiro atoms. The topological polar surface area (TPSA) is 49.8 Å². The van der Waals surface area contributed by atoms with Crippen molar-refractivity contribution in [1.29, 1.82) is 0 Å². The average molecular weight is 344 g/mol. The van der Waals surface area contributed by atoms with Gasteiger partial charge in [-0.3, -0.25) is 0 Å². The molecule has 2 N–H and O–H groups in total. The van der Waals surface area contributed by atoms with Crippen molar-refractivity contribution in [3.8, 4) is 0 Å². The zero-order valence-corrected chi connectivity index (χ0v) is 13.1. The van der Waals surface area contributed by atoms with Gasteiger partial charge in [0.25, 0.3) is 0 Å². The summed E-state index contributed by atoms with van der Waals surface area (Å²) in [7, 11) is 0. The van der Waals surface area contributed by atoms with E-state index in [1.54, 1.807) is 6.07 Å². The van der Waals surface area contributed by atoms with Gasteiger partial charge in [-0.25, -0.2) is 9.97 Å². The van der Waals surface area contributed by atoms with Gasteiger partial charge in [0, 0.05) is 12.6 Å². The van der Waals surface area contributed by atoms with E-state index in [2.05, 4.69) is 20.6 Å². The second kappa shape index (κ2) is 7.21. The molecule has 25 heavy (non-hydrogen) atoms. The predicted octanol–water partition coefficient (Wildman–Crippen LogP) is 4.85. The maximum atomic E-state index is 13.1. The summed E-state index contributed by atoms with van der Waals surface area (Å²) in [6.45, 7) is 0.552. The van der Waals surface area contributed by atoms with Crippen LogP contribution in [0.15, 0.2) is 67.0 Å². The molecule has 7 heteroatoms. The van der Waals surface area contributed by atoms with E-state index in [9.17, 15) is 13.2 Å². The van der Waals surface area contributed by atoms with Crippen LogP contribution < -0.4 is 10.6 Å². The molecule has 3 rings (SSSR count). The fourth-order valence-electron chi connectivity index (χ4n) is 2.29. The van der Waals surface area contributed by atoms with Gasteiger partial charge in [-0.15, -0.1) is 0 Å². The van der Waals surface area contributed by atoms with Gasteiger partial charge in [-0.05, 0) is 17.7 Å². The Hall–Kier alpha value is -3.09. The summed E-state index contributed by atoms with van der Waals surface area (Å²) < 4.78 is 39.2. The van der Waals surface area contributed by atoms with Crippen molar-refractivity contribution in [3.63, 3.8) is 0 Å². The van der Waals surface area contributed by atoms with Crippen molar-refractivity contribution >= 4 is 17.3 Å². The van der Waals surface area contributed by atoms with Gasteiger partial charge in [0.1, 0.15) is 18.0 Å². The molecule has 0 aliphatic rings. The van der Waals surface area contributed by atoms with E-state index in [4.69, 9.17) is 0 Å². The lowest BCUT2D eigenvalue weighted by Gasteiger charge is -2.14. The van der Waals surface area contributed by atoms with Gasteiger partial charge in [0.05, 0.1) is 11.3 Å². The average Bonchev–Trinajstić information content (AvgIpc) is 2.61. The van der Waals surface area contributed by atoms with Gasteiger partial charge in [-0.1, -0.05) is 42.5 Å². The molecule has 0 aliphatic carbocycles. The van der Waals surface area contributed by atoms with Gasteiger partial charge >= 0.3 is 6.18 Å². The van der Waals surface area contributed by atoms with E-state index in [1.807, 2.05) is 30.3 Å². The van der Waals surface area contributed by atoms with Crippen LogP contribution in [0.1, 0.15) is 11.1 Å². The number of alkyl halides is 3. The number of rotatable bonds is 5. The maximum absolute atomic E-state index is 13.1. The summed E-state index contributed by atoms with van der Waals surface area (Å²) in [5.74, 6) is 0.799. The van der Waals surface area contributed by atoms with Crippen molar-refractivity contribution in [2.75, 3.05) is 10.6 Å². The Labute approximate surface area is 142 Å². The van der Waals surface area contributed by atoms with Crippen LogP contribution in [0.3, 0.4) is 0 Å². The van der Waals surface area contributed by atoms with Crippen LogP contribution >= 0.6 is 0 Å². The summed E-state index contributed by atoms with van der Waals surface area (Å²) >= 11 is 0. The lowest BCUT2D eigenvalue weighted by atomic mass is 10.1. The highest BCUT2D eigenvalue weighted by molar-refractivity contribution is 5.63. The summed E-state index contributed by atoms with van der Waals surface area (Å²) in [6, 6.07) is 16.6. The molecule has 0 bridgehead atoms. The maximum Gasteiger partial charge on any atom is 0.418 e. The van der Waals surface area contributed by atoms with Gasteiger partial charge in [-0.2, -0.15) is 13.2 Å². The number of benzene rings is 2. The highest BCUT2D eigenvalue weighted by Gasteiger charge is 2.33. The fourth-order valence-corrected chi connectivity index (χ4v) is 2.29. The number of aromatic nitrogens is 2. The SMILES string of the molecule is FC(F)(F)c1ccccc1Nc1cc(NCc2ccccc2)ncn1.